The average Bonchev–Trinajstić information content (AvgIpc) is 2.28. The molecule has 0 amide bonds. The molecule has 1 fully saturated rings. The highest BCUT2D eigenvalue weighted by molar-refractivity contribution is 6.29. The first-order valence-electron chi connectivity index (χ1n) is 3.46. The minimum atomic E-state index is -2.80. The first kappa shape index (κ1) is 9.71. The van der Waals surface area contributed by atoms with E-state index >= 15 is 0 Å². The van der Waals surface area contributed by atoms with E-state index < -0.39 is 28.6 Å². The van der Waals surface area contributed by atoms with Crippen molar-refractivity contribution in [3.63, 3.8) is 0 Å². The Bertz CT molecular complexity index is 229. The highest BCUT2D eigenvalue weighted by atomic mass is 35.5. The van der Waals surface area contributed by atoms with Crippen molar-refractivity contribution in [2.24, 2.45) is 11.3 Å². The number of aliphatic carboxylic acids is 1. The normalized spacial score (nSPS) is 38.3. The van der Waals surface area contributed by atoms with Gasteiger partial charge < -0.3 is 5.11 Å². The molecular weight excluding hydrogens is 190 g/mol. The molecule has 0 aromatic rings. The van der Waals surface area contributed by atoms with Crippen molar-refractivity contribution in [2.45, 2.75) is 25.1 Å². The van der Waals surface area contributed by atoms with Crippen LogP contribution in [0.2, 0.25) is 0 Å². The van der Waals surface area contributed by atoms with Crippen LogP contribution in [0.3, 0.4) is 0 Å². The molecule has 70 valence electrons. The van der Waals surface area contributed by atoms with Crippen molar-refractivity contribution in [1.82, 2.24) is 0 Å². The molecule has 2 unspecified atom stereocenters. The number of carboxylic acid groups (broad SMARTS) is 1. The summed E-state index contributed by atoms with van der Waals surface area (Å²) >= 11 is 5.50. The van der Waals surface area contributed by atoms with Crippen LogP contribution in [-0.2, 0) is 4.79 Å². The maximum Gasteiger partial charge on any atom is 0.309 e. The van der Waals surface area contributed by atoms with E-state index in [1.165, 1.54) is 13.8 Å². The summed E-state index contributed by atoms with van der Waals surface area (Å²) in [5, 5.41) is 8.56. The molecule has 0 spiro atoms. The van der Waals surface area contributed by atoms with Gasteiger partial charge >= 0.3 is 5.97 Å². The third-order valence-corrected chi connectivity index (χ3v) is 3.48. The van der Waals surface area contributed by atoms with E-state index in [-0.39, 0.29) is 0 Å². The number of rotatable bonds is 2. The second-order valence-electron chi connectivity index (χ2n) is 3.56. The number of alkyl halides is 3. The van der Waals surface area contributed by atoms with E-state index in [4.69, 9.17) is 16.7 Å². The predicted octanol–water partition coefficient (Wildman–Crippen LogP) is 1.97. The Kier molecular flexibility index (Phi) is 1.87. The van der Waals surface area contributed by atoms with Crippen molar-refractivity contribution in [3.05, 3.63) is 0 Å². The maximum atomic E-state index is 12.3. The summed E-state index contributed by atoms with van der Waals surface area (Å²) in [5.41, 5.74) is -1.02. The second-order valence-corrected chi connectivity index (χ2v) is 4.19. The van der Waals surface area contributed by atoms with Crippen LogP contribution in [0.25, 0.3) is 0 Å². The molecule has 1 aliphatic rings. The lowest BCUT2D eigenvalue weighted by Crippen LogP contribution is -2.21. The van der Waals surface area contributed by atoms with Crippen molar-refractivity contribution < 1.29 is 18.7 Å². The molecule has 1 rings (SSSR count). The van der Waals surface area contributed by atoms with Gasteiger partial charge in [-0.15, -0.1) is 11.6 Å². The van der Waals surface area contributed by atoms with Crippen LogP contribution in [-0.4, -0.2) is 22.4 Å². The number of carboxylic acids is 1. The molecule has 1 aliphatic carbocycles. The summed E-state index contributed by atoms with van der Waals surface area (Å²) in [5.74, 6) is -2.40. The first-order chi connectivity index (χ1) is 5.26. The van der Waals surface area contributed by atoms with Crippen molar-refractivity contribution in [3.8, 4) is 0 Å². The molecule has 2 nitrogen and oxygen atoms in total. The van der Waals surface area contributed by atoms with E-state index in [9.17, 15) is 13.6 Å². The lowest BCUT2D eigenvalue weighted by atomic mass is 10.1. The first-order valence-corrected chi connectivity index (χ1v) is 3.84. The quantitative estimate of drug-likeness (QED) is 0.689. The monoisotopic (exact) mass is 198 g/mol. The van der Waals surface area contributed by atoms with Crippen LogP contribution in [0.15, 0.2) is 0 Å². The fourth-order valence-corrected chi connectivity index (χ4v) is 2.06. The number of hydrogen-bond donors (Lipinski definition) is 1. The fourth-order valence-electron chi connectivity index (χ4n) is 1.64. The Hall–Kier alpha value is -0.380. The lowest BCUT2D eigenvalue weighted by molar-refractivity contribution is -0.139. The number of carbonyl (C=O) groups is 1. The lowest BCUT2D eigenvalue weighted by Gasteiger charge is -2.08. The van der Waals surface area contributed by atoms with Crippen molar-refractivity contribution in [1.29, 1.82) is 0 Å². The van der Waals surface area contributed by atoms with Crippen LogP contribution in [0.1, 0.15) is 13.8 Å². The van der Waals surface area contributed by atoms with Gasteiger partial charge in [-0.3, -0.25) is 4.79 Å². The van der Waals surface area contributed by atoms with E-state index in [2.05, 4.69) is 0 Å². The van der Waals surface area contributed by atoms with E-state index in [1.54, 1.807) is 0 Å². The largest absolute Gasteiger partial charge is 0.481 e. The molecule has 0 heterocycles. The second kappa shape index (κ2) is 2.31. The van der Waals surface area contributed by atoms with Crippen LogP contribution in [0.5, 0.6) is 0 Å². The van der Waals surface area contributed by atoms with Crippen molar-refractivity contribution >= 4 is 17.6 Å². The van der Waals surface area contributed by atoms with Crippen LogP contribution >= 0.6 is 11.6 Å². The molecule has 0 bridgehead atoms. The third kappa shape index (κ3) is 0.873. The Balaban J connectivity index is 2.92. The van der Waals surface area contributed by atoms with Gasteiger partial charge in [-0.1, -0.05) is 13.8 Å². The Morgan fingerprint density at radius 2 is 2.00 bits per heavy atom. The van der Waals surface area contributed by atoms with Crippen LogP contribution < -0.4 is 0 Å². The Morgan fingerprint density at radius 1 is 1.58 bits per heavy atom. The van der Waals surface area contributed by atoms with Gasteiger partial charge in [0.05, 0.1) is 5.92 Å². The molecule has 0 aromatic heterocycles. The summed E-state index contributed by atoms with van der Waals surface area (Å²) in [7, 11) is 0. The van der Waals surface area contributed by atoms with Gasteiger partial charge in [0.15, 0.2) is 0 Å². The zero-order chi connectivity index (χ0) is 9.73. The van der Waals surface area contributed by atoms with Gasteiger partial charge in [-0.05, 0) is 0 Å². The standard InChI is InChI=1S/C7H9ClF2O2/c1-6(2)3(4(11)12)7(6,8)5(9)10/h3,5H,1-2H3,(H,11,12). The number of hydrogen-bond acceptors (Lipinski definition) is 1. The average molecular weight is 199 g/mol. The van der Waals surface area contributed by atoms with E-state index in [0.717, 1.165) is 0 Å². The molecular formula is C7H9ClF2O2. The van der Waals surface area contributed by atoms with Gasteiger partial charge in [0.2, 0.25) is 0 Å². The Labute approximate surface area is 73.5 Å². The fraction of sp³-hybridized carbons (Fsp3) is 0.857. The minimum absolute atomic E-state index is 1.02. The predicted molar refractivity (Wildman–Crippen MR) is 39.5 cm³/mol. The summed E-state index contributed by atoms with van der Waals surface area (Å²) < 4.78 is 24.6. The molecule has 1 N–H and O–H groups in total. The molecule has 0 saturated heterocycles. The van der Waals surface area contributed by atoms with Crippen LogP contribution in [0, 0.1) is 11.3 Å². The SMILES string of the molecule is CC1(C)C(C(=O)O)C1(Cl)C(F)F. The smallest absolute Gasteiger partial charge is 0.309 e. The summed E-state index contributed by atoms with van der Waals surface area (Å²) in [4.78, 5) is 8.60. The van der Waals surface area contributed by atoms with Gasteiger partial charge in [0, 0.05) is 5.41 Å². The molecule has 0 aliphatic heterocycles. The topological polar surface area (TPSA) is 37.3 Å². The molecule has 0 aromatic carbocycles. The summed E-state index contributed by atoms with van der Waals surface area (Å²) in [6, 6.07) is 0. The van der Waals surface area contributed by atoms with Gasteiger partial charge in [0.1, 0.15) is 4.87 Å². The zero-order valence-electron chi connectivity index (χ0n) is 6.64. The number of halogens is 3. The zero-order valence-corrected chi connectivity index (χ0v) is 7.40. The summed E-state index contributed by atoms with van der Waals surface area (Å²) in [6.45, 7) is 2.87. The van der Waals surface area contributed by atoms with Gasteiger partial charge in [0.25, 0.3) is 6.43 Å². The van der Waals surface area contributed by atoms with Crippen LogP contribution in [0.4, 0.5) is 8.78 Å². The molecule has 1 saturated carbocycles. The Morgan fingerprint density at radius 3 is 2.08 bits per heavy atom. The third-order valence-electron chi connectivity index (χ3n) is 2.61. The highest BCUT2D eigenvalue weighted by Crippen LogP contribution is 2.68. The highest BCUT2D eigenvalue weighted by Gasteiger charge is 2.79. The molecule has 0 radical (unpaired) electrons. The van der Waals surface area contributed by atoms with E-state index in [0.29, 0.717) is 0 Å². The van der Waals surface area contributed by atoms with E-state index in [1.807, 2.05) is 0 Å². The van der Waals surface area contributed by atoms with Gasteiger partial charge in [-0.2, -0.15) is 0 Å². The molecule has 2 atom stereocenters. The van der Waals surface area contributed by atoms with Gasteiger partial charge in [-0.25, -0.2) is 8.78 Å². The van der Waals surface area contributed by atoms with Crippen molar-refractivity contribution in [2.75, 3.05) is 0 Å². The summed E-state index contributed by atoms with van der Waals surface area (Å²) in [6.07, 6.45) is -2.80. The molecule has 5 heteroatoms. The maximum absolute atomic E-state index is 12.3. The molecule has 12 heavy (non-hydrogen) atoms. The minimum Gasteiger partial charge on any atom is -0.481 e.